The fraction of sp³-hybridized carbons (Fsp3) is 0.381. The van der Waals surface area contributed by atoms with Crippen LogP contribution in [-0.4, -0.2) is 49.7 Å². The summed E-state index contributed by atoms with van der Waals surface area (Å²) in [5.74, 6) is 0.0333. The van der Waals surface area contributed by atoms with Gasteiger partial charge in [0.25, 0.3) is 0 Å². The minimum atomic E-state index is -0.742. The maximum atomic E-state index is 12.2. The van der Waals surface area contributed by atoms with Gasteiger partial charge in [0.15, 0.2) is 11.5 Å². The van der Waals surface area contributed by atoms with Gasteiger partial charge in [0.05, 0.1) is 11.3 Å². The van der Waals surface area contributed by atoms with Crippen LogP contribution in [0, 0.1) is 5.92 Å². The third-order valence-electron chi connectivity index (χ3n) is 6.14. The number of aliphatic carboxylic acids is 1. The molecule has 2 aromatic heterocycles. The number of carbonyl (C=O) groups excluding carboxylic acids is 1. The Labute approximate surface area is 178 Å². The molecule has 1 aromatic carbocycles. The lowest BCUT2D eigenvalue weighted by molar-refractivity contribution is -0.142. The molecule has 31 heavy (non-hydrogen) atoms. The topological polar surface area (TPSA) is 125 Å². The highest BCUT2D eigenvalue weighted by Crippen LogP contribution is 2.39. The van der Waals surface area contributed by atoms with E-state index in [1.54, 1.807) is 16.9 Å². The molecule has 1 fully saturated rings. The summed E-state index contributed by atoms with van der Waals surface area (Å²) in [4.78, 5) is 34.5. The lowest BCUT2D eigenvalue weighted by Crippen LogP contribution is -2.37. The zero-order chi connectivity index (χ0) is 21.8. The Morgan fingerprint density at radius 2 is 2.06 bits per heavy atom. The number of rotatable bonds is 4. The Morgan fingerprint density at radius 3 is 2.81 bits per heavy atom. The number of amides is 1. The molecule has 0 radical (unpaired) electrons. The maximum Gasteiger partial charge on any atom is 0.306 e. The first-order chi connectivity index (χ1) is 14.8. The van der Waals surface area contributed by atoms with Gasteiger partial charge in [0, 0.05) is 36.9 Å². The number of carboxylic acid groups (broad SMARTS) is 1. The number of nitrogens with one attached hydrogen (secondary N) is 2. The maximum absolute atomic E-state index is 12.2. The Hall–Kier alpha value is -3.69. The molecule has 2 aliphatic rings. The minimum Gasteiger partial charge on any atom is -0.481 e. The molecule has 0 spiro atoms. The Kier molecular flexibility index (Phi) is 4.31. The highest BCUT2D eigenvalue weighted by molar-refractivity contribution is 6.06. The van der Waals surface area contributed by atoms with E-state index in [1.165, 1.54) is 0 Å². The standard InChI is InChI=1S/C21H23N7O3/c1-21(2)14-4-3-13(11-15(14)24-19(21)31)23-20-25-17-16(22-7-10-28(17)26-20)27-8-5-12(6-9-27)18(29)30/h3-4,7,10-12H,5-6,8-9H2,1-2H3,(H,23,26)(H,24,31)(H,29,30). The van der Waals surface area contributed by atoms with Crippen molar-refractivity contribution < 1.29 is 14.7 Å². The van der Waals surface area contributed by atoms with Gasteiger partial charge in [-0.05, 0) is 44.4 Å². The molecule has 0 atom stereocenters. The van der Waals surface area contributed by atoms with Crippen molar-refractivity contribution in [2.75, 3.05) is 28.6 Å². The van der Waals surface area contributed by atoms with E-state index in [9.17, 15) is 14.7 Å². The van der Waals surface area contributed by atoms with E-state index in [2.05, 4.69) is 30.6 Å². The highest BCUT2D eigenvalue weighted by Gasteiger charge is 2.38. The Balaban J connectivity index is 1.39. The van der Waals surface area contributed by atoms with Crippen LogP contribution in [-0.2, 0) is 15.0 Å². The first-order valence-corrected chi connectivity index (χ1v) is 10.2. The van der Waals surface area contributed by atoms with Crippen molar-refractivity contribution in [3.05, 3.63) is 36.2 Å². The van der Waals surface area contributed by atoms with Crippen LogP contribution in [0.3, 0.4) is 0 Å². The van der Waals surface area contributed by atoms with Gasteiger partial charge < -0.3 is 20.6 Å². The van der Waals surface area contributed by atoms with Gasteiger partial charge in [0.2, 0.25) is 11.9 Å². The molecule has 3 N–H and O–H groups in total. The van der Waals surface area contributed by atoms with Gasteiger partial charge in [-0.3, -0.25) is 9.59 Å². The monoisotopic (exact) mass is 421 g/mol. The summed E-state index contributed by atoms with van der Waals surface area (Å²) in [7, 11) is 0. The average molecular weight is 421 g/mol. The number of fused-ring (bicyclic) bond motifs is 2. The number of hydrogen-bond acceptors (Lipinski definition) is 7. The quantitative estimate of drug-likeness (QED) is 0.587. The van der Waals surface area contributed by atoms with Crippen LogP contribution in [0.5, 0.6) is 0 Å². The predicted octanol–water partition coefficient (Wildman–Crippen LogP) is 2.40. The zero-order valence-electron chi connectivity index (χ0n) is 17.3. The number of carboxylic acids is 1. The Morgan fingerprint density at radius 1 is 1.29 bits per heavy atom. The summed E-state index contributed by atoms with van der Waals surface area (Å²) in [5, 5.41) is 19.8. The molecule has 2 aliphatic heterocycles. The zero-order valence-corrected chi connectivity index (χ0v) is 17.3. The summed E-state index contributed by atoms with van der Waals surface area (Å²) < 4.78 is 1.66. The van der Waals surface area contributed by atoms with Crippen molar-refractivity contribution >= 4 is 40.7 Å². The molecule has 3 aromatic rings. The van der Waals surface area contributed by atoms with Gasteiger partial charge in [-0.15, -0.1) is 5.10 Å². The number of aromatic nitrogens is 4. The number of nitrogens with zero attached hydrogens (tertiary/aromatic N) is 5. The van der Waals surface area contributed by atoms with E-state index in [4.69, 9.17) is 0 Å². The molecule has 10 heteroatoms. The van der Waals surface area contributed by atoms with Crippen LogP contribution in [0.2, 0.25) is 0 Å². The SMILES string of the molecule is CC1(C)C(=O)Nc2cc(Nc3nc4c(N5CCC(C(=O)O)CC5)nccn4n3)ccc21. The van der Waals surface area contributed by atoms with Crippen LogP contribution < -0.4 is 15.5 Å². The van der Waals surface area contributed by atoms with Crippen molar-refractivity contribution in [2.45, 2.75) is 32.1 Å². The van der Waals surface area contributed by atoms with Crippen molar-refractivity contribution in [3.63, 3.8) is 0 Å². The van der Waals surface area contributed by atoms with E-state index < -0.39 is 11.4 Å². The second-order valence-electron chi connectivity index (χ2n) is 8.52. The number of piperidine rings is 1. The molecular formula is C21H23N7O3. The Bertz CT molecular complexity index is 1190. The molecule has 0 unspecified atom stereocenters. The fourth-order valence-electron chi connectivity index (χ4n) is 4.22. The van der Waals surface area contributed by atoms with Crippen molar-refractivity contribution in [2.24, 2.45) is 5.92 Å². The van der Waals surface area contributed by atoms with Gasteiger partial charge in [-0.1, -0.05) is 6.07 Å². The molecule has 0 saturated carbocycles. The summed E-state index contributed by atoms with van der Waals surface area (Å²) in [6.07, 6.45) is 4.55. The van der Waals surface area contributed by atoms with E-state index in [0.717, 1.165) is 16.9 Å². The summed E-state index contributed by atoms with van der Waals surface area (Å²) in [6, 6.07) is 5.72. The third-order valence-corrected chi connectivity index (χ3v) is 6.14. The van der Waals surface area contributed by atoms with Crippen LogP contribution in [0.1, 0.15) is 32.3 Å². The average Bonchev–Trinajstić information content (AvgIpc) is 3.25. The number of benzene rings is 1. The molecule has 10 nitrogen and oxygen atoms in total. The molecule has 160 valence electrons. The van der Waals surface area contributed by atoms with E-state index in [0.29, 0.717) is 43.3 Å². The second kappa shape index (κ2) is 6.93. The van der Waals surface area contributed by atoms with Crippen molar-refractivity contribution in [3.8, 4) is 0 Å². The van der Waals surface area contributed by atoms with Crippen molar-refractivity contribution in [1.29, 1.82) is 0 Å². The largest absolute Gasteiger partial charge is 0.481 e. The molecule has 0 bridgehead atoms. The molecule has 5 rings (SSSR count). The van der Waals surface area contributed by atoms with Crippen LogP contribution >= 0.6 is 0 Å². The summed E-state index contributed by atoms with van der Waals surface area (Å²) in [6.45, 7) is 5.02. The molecule has 1 amide bonds. The highest BCUT2D eigenvalue weighted by atomic mass is 16.4. The molecule has 1 saturated heterocycles. The summed E-state index contributed by atoms with van der Waals surface area (Å²) in [5.41, 5.74) is 2.57. The van der Waals surface area contributed by atoms with Gasteiger partial charge in [0.1, 0.15) is 0 Å². The predicted molar refractivity (Wildman–Crippen MR) is 115 cm³/mol. The summed E-state index contributed by atoms with van der Waals surface area (Å²) >= 11 is 0. The fourth-order valence-corrected chi connectivity index (χ4v) is 4.22. The first kappa shape index (κ1) is 19.3. The van der Waals surface area contributed by atoms with Gasteiger partial charge in [-0.2, -0.15) is 4.98 Å². The molecular weight excluding hydrogens is 398 g/mol. The molecule has 0 aliphatic carbocycles. The van der Waals surface area contributed by atoms with Gasteiger partial charge >= 0.3 is 5.97 Å². The number of anilines is 4. The molecule has 4 heterocycles. The van der Waals surface area contributed by atoms with Crippen molar-refractivity contribution in [1.82, 2.24) is 19.6 Å². The van der Waals surface area contributed by atoms with E-state index in [1.807, 2.05) is 32.0 Å². The van der Waals surface area contributed by atoms with E-state index in [-0.39, 0.29) is 11.8 Å². The lowest BCUT2D eigenvalue weighted by atomic mass is 9.86. The number of hydrogen-bond donors (Lipinski definition) is 3. The second-order valence-corrected chi connectivity index (χ2v) is 8.52. The van der Waals surface area contributed by atoms with Crippen LogP contribution in [0.25, 0.3) is 5.65 Å². The third kappa shape index (κ3) is 3.24. The number of carbonyl (C=O) groups is 2. The van der Waals surface area contributed by atoms with Crippen LogP contribution in [0.4, 0.5) is 23.1 Å². The smallest absolute Gasteiger partial charge is 0.306 e. The minimum absolute atomic E-state index is 0.0205. The van der Waals surface area contributed by atoms with Crippen LogP contribution in [0.15, 0.2) is 30.6 Å². The lowest BCUT2D eigenvalue weighted by Gasteiger charge is -2.30. The van der Waals surface area contributed by atoms with E-state index >= 15 is 0 Å². The normalized spacial score (nSPS) is 18.1. The van der Waals surface area contributed by atoms with Gasteiger partial charge in [-0.25, -0.2) is 9.50 Å². The first-order valence-electron chi connectivity index (χ1n) is 10.2.